The number of rotatable bonds is 14. The van der Waals surface area contributed by atoms with Gasteiger partial charge >= 0.3 is 0 Å². The van der Waals surface area contributed by atoms with Crippen molar-refractivity contribution < 1.29 is 23.7 Å². The van der Waals surface area contributed by atoms with E-state index in [0.29, 0.717) is 46.2 Å². The average molecular weight is 406 g/mol. The summed E-state index contributed by atoms with van der Waals surface area (Å²) in [5.41, 5.74) is -0.251. The second-order valence-corrected chi connectivity index (χ2v) is 9.98. The van der Waals surface area contributed by atoms with E-state index >= 15 is 0 Å². The van der Waals surface area contributed by atoms with Gasteiger partial charge in [-0.05, 0) is 69.2 Å². The van der Waals surface area contributed by atoms with Crippen LogP contribution in [0.25, 0.3) is 0 Å². The summed E-state index contributed by atoms with van der Waals surface area (Å²) >= 11 is 0. The van der Waals surface area contributed by atoms with Crippen LogP contribution in [0.3, 0.4) is 0 Å². The molecule has 6 heteroatoms. The lowest BCUT2D eigenvalue weighted by molar-refractivity contribution is -0.111. The summed E-state index contributed by atoms with van der Waals surface area (Å²) in [7, 11) is 0. The summed E-state index contributed by atoms with van der Waals surface area (Å²) in [5.74, 6) is 0. The molecular formula is C22H47NO5. The van der Waals surface area contributed by atoms with Gasteiger partial charge in [0, 0.05) is 12.1 Å². The van der Waals surface area contributed by atoms with Crippen molar-refractivity contribution in [3.63, 3.8) is 0 Å². The molecule has 6 nitrogen and oxygen atoms in total. The van der Waals surface area contributed by atoms with Crippen LogP contribution in [0.1, 0.15) is 69.2 Å². The highest BCUT2D eigenvalue weighted by Gasteiger charge is 2.26. The van der Waals surface area contributed by atoms with Crippen molar-refractivity contribution in [1.82, 2.24) is 4.90 Å². The fraction of sp³-hybridized carbons (Fsp3) is 1.00. The van der Waals surface area contributed by atoms with Crippen molar-refractivity contribution in [2.24, 2.45) is 0 Å². The molecule has 0 aliphatic carbocycles. The normalized spacial score (nSPS) is 14.7. The maximum absolute atomic E-state index is 5.98. The molecule has 0 saturated carbocycles. The molecule has 0 radical (unpaired) electrons. The Hall–Kier alpha value is -0.240. The second-order valence-electron chi connectivity index (χ2n) is 9.98. The fourth-order valence-electron chi connectivity index (χ4n) is 2.61. The van der Waals surface area contributed by atoms with Gasteiger partial charge in [-0.15, -0.1) is 0 Å². The van der Waals surface area contributed by atoms with E-state index < -0.39 is 0 Å². The Morgan fingerprint density at radius 1 is 0.607 bits per heavy atom. The molecule has 0 aromatic rings. The van der Waals surface area contributed by atoms with Gasteiger partial charge in [-0.2, -0.15) is 0 Å². The SMILES string of the molecule is C[C@H](OCCOCCOC(C)(C)C)N(CCOCCOC(C)(C)C)C(C)(C)C. The molecule has 0 aliphatic rings. The van der Waals surface area contributed by atoms with Gasteiger partial charge in [0.1, 0.15) is 6.23 Å². The molecule has 0 spiro atoms. The Morgan fingerprint density at radius 2 is 1.04 bits per heavy atom. The third kappa shape index (κ3) is 16.7. The van der Waals surface area contributed by atoms with Crippen LogP contribution in [-0.2, 0) is 23.7 Å². The average Bonchev–Trinajstić information content (AvgIpc) is 2.49. The minimum Gasteiger partial charge on any atom is -0.378 e. The maximum Gasteiger partial charge on any atom is 0.108 e. The van der Waals surface area contributed by atoms with E-state index in [4.69, 9.17) is 23.7 Å². The molecule has 0 amide bonds. The van der Waals surface area contributed by atoms with Crippen molar-refractivity contribution in [3.8, 4) is 0 Å². The summed E-state index contributed by atoms with van der Waals surface area (Å²) in [6.07, 6.45) is -0.0103. The minimum absolute atomic E-state index is 0.00785. The molecule has 170 valence electrons. The Morgan fingerprint density at radius 3 is 1.46 bits per heavy atom. The molecule has 1 atom stereocenters. The third-order valence-electron chi connectivity index (χ3n) is 3.89. The Kier molecular flexibility index (Phi) is 13.0. The van der Waals surface area contributed by atoms with Crippen LogP contribution in [0, 0.1) is 0 Å². The molecule has 0 aromatic heterocycles. The Labute approximate surface area is 174 Å². The highest BCUT2D eigenvalue weighted by atomic mass is 16.6. The first-order valence-corrected chi connectivity index (χ1v) is 10.5. The number of hydrogen-bond donors (Lipinski definition) is 0. The van der Waals surface area contributed by atoms with Crippen LogP contribution in [0.4, 0.5) is 0 Å². The number of ether oxygens (including phenoxy) is 5. The molecule has 0 heterocycles. The molecule has 0 bridgehead atoms. The van der Waals surface area contributed by atoms with Crippen LogP contribution >= 0.6 is 0 Å². The van der Waals surface area contributed by atoms with Crippen molar-refractivity contribution in [3.05, 3.63) is 0 Å². The first kappa shape index (κ1) is 27.8. The zero-order valence-corrected chi connectivity index (χ0v) is 20.2. The van der Waals surface area contributed by atoms with Gasteiger partial charge in [0.05, 0.1) is 57.5 Å². The highest BCUT2D eigenvalue weighted by molar-refractivity contribution is 4.77. The second kappa shape index (κ2) is 13.1. The standard InChI is InChI=1S/C22H47NO5/c1-19(26-16-13-25-15-18-28-22(8,9)10)23(20(2,3)4)11-12-24-14-17-27-21(5,6)7/h19H,11-18H2,1-10H3/t19-/m0/s1. The van der Waals surface area contributed by atoms with Gasteiger partial charge in [-0.1, -0.05) is 0 Å². The number of hydrogen-bond acceptors (Lipinski definition) is 6. The van der Waals surface area contributed by atoms with Crippen molar-refractivity contribution in [2.75, 3.05) is 52.8 Å². The molecular weight excluding hydrogens is 358 g/mol. The van der Waals surface area contributed by atoms with Crippen molar-refractivity contribution in [2.45, 2.75) is 92.2 Å². The third-order valence-corrected chi connectivity index (χ3v) is 3.89. The summed E-state index contributed by atoms with van der Waals surface area (Å²) in [5, 5.41) is 0. The van der Waals surface area contributed by atoms with E-state index in [9.17, 15) is 0 Å². The maximum atomic E-state index is 5.98. The zero-order chi connectivity index (χ0) is 21.8. The van der Waals surface area contributed by atoms with Crippen LogP contribution < -0.4 is 0 Å². The predicted octanol–water partition coefficient (Wildman–Crippen LogP) is 4.11. The molecule has 0 fully saturated rings. The van der Waals surface area contributed by atoms with E-state index in [1.807, 2.05) is 20.8 Å². The Balaban J connectivity index is 4.02. The summed E-state index contributed by atoms with van der Waals surface area (Å²) in [6.45, 7) is 25.9. The summed E-state index contributed by atoms with van der Waals surface area (Å²) in [6, 6.07) is 0. The zero-order valence-electron chi connectivity index (χ0n) is 20.2. The smallest absolute Gasteiger partial charge is 0.108 e. The summed E-state index contributed by atoms with van der Waals surface area (Å²) < 4.78 is 28.6. The van der Waals surface area contributed by atoms with Gasteiger partial charge < -0.3 is 23.7 Å². The van der Waals surface area contributed by atoms with Crippen LogP contribution in [0.5, 0.6) is 0 Å². The summed E-state index contributed by atoms with van der Waals surface area (Å²) in [4.78, 5) is 2.31. The van der Waals surface area contributed by atoms with Gasteiger partial charge in [-0.25, -0.2) is 0 Å². The molecule has 0 unspecified atom stereocenters. The molecule has 0 aromatic carbocycles. The Bertz CT molecular complexity index is 382. The van der Waals surface area contributed by atoms with Crippen molar-refractivity contribution >= 4 is 0 Å². The van der Waals surface area contributed by atoms with Crippen LogP contribution in [0.15, 0.2) is 0 Å². The monoisotopic (exact) mass is 405 g/mol. The van der Waals surface area contributed by atoms with E-state index in [1.54, 1.807) is 0 Å². The fourth-order valence-corrected chi connectivity index (χ4v) is 2.61. The topological polar surface area (TPSA) is 49.4 Å². The quantitative estimate of drug-likeness (QED) is 0.320. The first-order chi connectivity index (χ1) is 12.7. The lowest BCUT2D eigenvalue weighted by Gasteiger charge is -2.39. The molecule has 0 saturated heterocycles. The largest absolute Gasteiger partial charge is 0.378 e. The van der Waals surface area contributed by atoms with E-state index in [-0.39, 0.29) is 23.0 Å². The van der Waals surface area contributed by atoms with Crippen LogP contribution in [-0.4, -0.2) is 80.7 Å². The van der Waals surface area contributed by atoms with E-state index in [1.165, 1.54) is 0 Å². The van der Waals surface area contributed by atoms with Gasteiger partial charge in [0.15, 0.2) is 0 Å². The first-order valence-electron chi connectivity index (χ1n) is 10.5. The molecule has 28 heavy (non-hydrogen) atoms. The van der Waals surface area contributed by atoms with Crippen molar-refractivity contribution in [1.29, 1.82) is 0 Å². The lowest BCUT2D eigenvalue weighted by Crippen LogP contribution is -2.49. The van der Waals surface area contributed by atoms with E-state index in [2.05, 4.69) is 53.4 Å². The highest BCUT2D eigenvalue weighted by Crippen LogP contribution is 2.17. The predicted molar refractivity (Wildman–Crippen MR) is 115 cm³/mol. The molecule has 0 aliphatic heterocycles. The molecule has 0 N–H and O–H groups in total. The van der Waals surface area contributed by atoms with Gasteiger partial charge in [0.2, 0.25) is 0 Å². The molecule has 0 rings (SSSR count). The van der Waals surface area contributed by atoms with E-state index in [0.717, 1.165) is 6.54 Å². The van der Waals surface area contributed by atoms with Crippen LogP contribution in [0.2, 0.25) is 0 Å². The minimum atomic E-state index is -0.122. The van der Waals surface area contributed by atoms with Gasteiger partial charge in [0.25, 0.3) is 0 Å². The number of nitrogens with zero attached hydrogens (tertiary/aromatic N) is 1. The lowest BCUT2D eigenvalue weighted by atomic mass is 10.1. The van der Waals surface area contributed by atoms with Gasteiger partial charge in [-0.3, -0.25) is 4.90 Å².